The molecule has 30 heavy (non-hydrogen) atoms. The Morgan fingerprint density at radius 2 is 1.63 bits per heavy atom. The van der Waals surface area contributed by atoms with Crippen LogP contribution in [0.1, 0.15) is 5.56 Å². The van der Waals surface area contributed by atoms with Gasteiger partial charge in [-0.3, -0.25) is 14.5 Å². The van der Waals surface area contributed by atoms with E-state index in [0.29, 0.717) is 5.69 Å². The monoisotopic (exact) mass is 485 g/mol. The van der Waals surface area contributed by atoms with E-state index in [1.165, 1.54) is 18.2 Å². The Morgan fingerprint density at radius 3 is 2.33 bits per heavy atom. The Bertz CT molecular complexity index is 1490. The van der Waals surface area contributed by atoms with E-state index in [9.17, 15) is 18.0 Å². The van der Waals surface area contributed by atoms with E-state index in [-0.39, 0.29) is 15.8 Å². The van der Waals surface area contributed by atoms with E-state index in [0.717, 1.165) is 21.2 Å². The number of sulfonamides is 1. The third-order valence-corrected chi connectivity index (χ3v) is 6.56. The number of hydrogen-bond acceptors (Lipinski definition) is 4. The molecular weight excluding hydrogens is 470 g/mol. The van der Waals surface area contributed by atoms with E-state index in [4.69, 9.17) is 0 Å². The topological polar surface area (TPSA) is 112 Å². The normalized spacial score (nSPS) is 11.5. The summed E-state index contributed by atoms with van der Waals surface area (Å²) in [5.41, 5.74) is 2.29. The van der Waals surface area contributed by atoms with Gasteiger partial charge in [0.25, 0.3) is 15.6 Å². The van der Waals surface area contributed by atoms with Crippen LogP contribution in [-0.2, 0) is 10.0 Å². The van der Waals surface area contributed by atoms with Crippen molar-refractivity contribution in [2.45, 2.75) is 11.8 Å². The number of rotatable bonds is 4. The van der Waals surface area contributed by atoms with Crippen LogP contribution in [0.3, 0.4) is 0 Å². The fourth-order valence-corrected chi connectivity index (χ4v) is 4.55. The zero-order chi connectivity index (χ0) is 21.5. The van der Waals surface area contributed by atoms with E-state index < -0.39 is 21.3 Å². The molecule has 3 aromatic carbocycles. The molecular formula is C21H16BrN3O4S. The van der Waals surface area contributed by atoms with Crippen molar-refractivity contribution < 1.29 is 8.42 Å². The maximum absolute atomic E-state index is 12.8. The second kappa shape index (κ2) is 7.58. The number of halogens is 1. The van der Waals surface area contributed by atoms with Crippen LogP contribution < -0.4 is 16.0 Å². The van der Waals surface area contributed by atoms with Crippen molar-refractivity contribution in [1.82, 2.24) is 9.97 Å². The molecule has 0 unspecified atom stereocenters. The van der Waals surface area contributed by atoms with Crippen molar-refractivity contribution in [2.75, 3.05) is 4.72 Å². The van der Waals surface area contributed by atoms with E-state index in [1.54, 1.807) is 12.1 Å². The number of fused-ring (bicyclic) bond motifs is 1. The highest BCUT2D eigenvalue weighted by molar-refractivity contribution is 9.10. The minimum atomic E-state index is -3.93. The van der Waals surface area contributed by atoms with Crippen molar-refractivity contribution >= 4 is 42.5 Å². The van der Waals surface area contributed by atoms with Crippen LogP contribution in [0.25, 0.3) is 22.0 Å². The Kier molecular flexibility index (Phi) is 5.08. The van der Waals surface area contributed by atoms with Gasteiger partial charge in [0.15, 0.2) is 0 Å². The number of aromatic nitrogens is 2. The van der Waals surface area contributed by atoms with Gasteiger partial charge in [0.1, 0.15) is 0 Å². The molecule has 4 aromatic rings. The lowest BCUT2D eigenvalue weighted by molar-refractivity contribution is 0.601. The lowest BCUT2D eigenvalue weighted by atomic mass is 10.0. The Labute approximate surface area is 180 Å². The number of aryl methyl sites for hydroxylation is 1. The summed E-state index contributed by atoms with van der Waals surface area (Å²) in [5, 5.41) is 0.0826. The van der Waals surface area contributed by atoms with Gasteiger partial charge in [-0.2, -0.15) is 0 Å². The van der Waals surface area contributed by atoms with Gasteiger partial charge in [-0.25, -0.2) is 13.2 Å². The van der Waals surface area contributed by atoms with Crippen molar-refractivity contribution in [2.24, 2.45) is 0 Å². The molecule has 4 rings (SSSR count). The average Bonchev–Trinajstić information content (AvgIpc) is 2.68. The molecule has 0 radical (unpaired) electrons. The molecule has 7 nitrogen and oxygen atoms in total. The van der Waals surface area contributed by atoms with Gasteiger partial charge in [0.2, 0.25) is 0 Å². The predicted molar refractivity (Wildman–Crippen MR) is 120 cm³/mol. The third-order valence-electron chi connectivity index (χ3n) is 4.66. The molecule has 0 saturated carbocycles. The van der Waals surface area contributed by atoms with Gasteiger partial charge in [-0.1, -0.05) is 34.1 Å². The number of H-pyrrole nitrogens is 2. The summed E-state index contributed by atoms with van der Waals surface area (Å²) in [5.74, 6) is 0. The lowest BCUT2D eigenvalue weighted by Crippen LogP contribution is -2.22. The molecule has 0 aliphatic carbocycles. The van der Waals surface area contributed by atoms with Gasteiger partial charge in [-0.05, 0) is 66.1 Å². The Balaban J connectivity index is 1.67. The quantitative estimate of drug-likeness (QED) is 0.408. The van der Waals surface area contributed by atoms with Crippen molar-refractivity contribution in [1.29, 1.82) is 0 Å². The second-order valence-electron chi connectivity index (χ2n) is 6.76. The molecule has 3 N–H and O–H groups in total. The molecule has 0 fully saturated rings. The molecule has 0 aliphatic rings. The highest BCUT2D eigenvalue weighted by atomic mass is 79.9. The molecule has 0 atom stereocenters. The SMILES string of the molecule is Cc1cc(NS(=O)(=O)c2ccc3[nH]c(=O)[nH]c(=O)c3c2)ccc1-c1ccc(Br)cc1. The van der Waals surface area contributed by atoms with Crippen LogP contribution in [0.15, 0.2) is 79.6 Å². The fraction of sp³-hybridized carbons (Fsp3) is 0.0476. The number of benzene rings is 3. The summed E-state index contributed by atoms with van der Waals surface area (Å²) in [4.78, 5) is 27.8. The number of nitrogens with one attached hydrogen (secondary N) is 3. The maximum atomic E-state index is 12.8. The second-order valence-corrected chi connectivity index (χ2v) is 9.36. The maximum Gasteiger partial charge on any atom is 0.326 e. The summed E-state index contributed by atoms with van der Waals surface area (Å²) >= 11 is 3.41. The summed E-state index contributed by atoms with van der Waals surface area (Å²) in [7, 11) is -3.93. The molecule has 0 bridgehead atoms. The van der Waals surface area contributed by atoms with Crippen LogP contribution in [0.5, 0.6) is 0 Å². The largest absolute Gasteiger partial charge is 0.326 e. The number of aromatic amines is 2. The van der Waals surface area contributed by atoms with Crippen LogP contribution in [-0.4, -0.2) is 18.4 Å². The number of anilines is 1. The van der Waals surface area contributed by atoms with Gasteiger partial charge < -0.3 is 4.98 Å². The van der Waals surface area contributed by atoms with Crippen LogP contribution in [0.2, 0.25) is 0 Å². The fourth-order valence-electron chi connectivity index (χ4n) is 3.21. The summed E-state index contributed by atoms with van der Waals surface area (Å²) in [6.45, 7) is 1.90. The minimum Gasteiger partial charge on any atom is -0.307 e. The molecule has 152 valence electrons. The molecule has 9 heteroatoms. The van der Waals surface area contributed by atoms with E-state index in [2.05, 4.69) is 30.6 Å². The first-order chi connectivity index (χ1) is 14.2. The van der Waals surface area contributed by atoms with Gasteiger partial charge in [-0.15, -0.1) is 0 Å². The van der Waals surface area contributed by atoms with Crippen molar-refractivity contribution in [3.63, 3.8) is 0 Å². The number of hydrogen-bond donors (Lipinski definition) is 3. The van der Waals surface area contributed by atoms with E-state index in [1.807, 2.05) is 37.3 Å². The zero-order valence-electron chi connectivity index (χ0n) is 15.7. The van der Waals surface area contributed by atoms with Gasteiger partial charge in [0, 0.05) is 10.2 Å². The van der Waals surface area contributed by atoms with Crippen LogP contribution >= 0.6 is 15.9 Å². The smallest absolute Gasteiger partial charge is 0.307 e. The van der Waals surface area contributed by atoms with Crippen molar-refractivity contribution in [3.8, 4) is 11.1 Å². The van der Waals surface area contributed by atoms with E-state index >= 15 is 0 Å². The molecule has 1 heterocycles. The molecule has 0 saturated heterocycles. The summed E-state index contributed by atoms with van der Waals surface area (Å²) in [6.07, 6.45) is 0. The van der Waals surface area contributed by atoms with Gasteiger partial charge in [0.05, 0.1) is 15.8 Å². The lowest BCUT2D eigenvalue weighted by Gasteiger charge is -2.12. The van der Waals surface area contributed by atoms with Gasteiger partial charge >= 0.3 is 5.69 Å². The molecule has 0 amide bonds. The highest BCUT2D eigenvalue weighted by Gasteiger charge is 2.16. The standard InChI is InChI=1S/C21H16BrN3O4S/c1-12-10-15(6-8-17(12)13-2-4-14(22)5-3-13)25-30(28,29)16-7-9-19-18(11-16)20(26)24-21(27)23-19/h2-11,25H,1H3,(H2,23,24,26,27). The molecule has 0 aliphatic heterocycles. The highest BCUT2D eigenvalue weighted by Crippen LogP contribution is 2.28. The van der Waals surface area contributed by atoms with Crippen molar-refractivity contribution in [3.05, 3.63) is 91.5 Å². The molecule has 1 aromatic heterocycles. The minimum absolute atomic E-state index is 0.0813. The summed E-state index contributed by atoms with van der Waals surface area (Å²) in [6, 6.07) is 17.1. The third kappa shape index (κ3) is 3.94. The Morgan fingerprint density at radius 1 is 0.900 bits per heavy atom. The first-order valence-corrected chi connectivity index (χ1v) is 11.2. The first kappa shape index (κ1) is 20.1. The van der Waals surface area contributed by atoms with Crippen LogP contribution in [0.4, 0.5) is 5.69 Å². The zero-order valence-corrected chi connectivity index (χ0v) is 18.1. The Hall–Kier alpha value is -3.17. The summed E-state index contributed by atoms with van der Waals surface area (Å²) < 4.78 is 29.2. The van der Waals surface area contributed by atoms with Crippen LogP contribution in [0, 0.1) is 6.92 Å². The first-order valence-electron chi connectivity index (χ1n) is 8.89. The average molecular weight is 486 g/mol. The molecule has 0 spiro atoms. The predicted octanol–water partition coefficient (Wildman–Crippen LogP) is 3.76.